The van der Waals surface area contributed by atoms with Gasteiger partial charge >= 0.3 is 18.0 Å². The Hall–Kier alpha value is -2.57. The Labute approximate surface area is 122 Å². The predicted molar refractivity (Wildman–Crippen MR) is 76.3 cm³/mol. The van der Waals surface area contributed by atoms with Crippen LogP contribution in [-0.4, -0.2) is 36.2 Å². The molecule has 0 bridgehead atoms. The lowest BCUT2D eigenvalue weighted by Gasteiger charge is -2.07. The molecule has 7 heteroatoms. The van der Waals surface area contributed by atoms with Crippen LogP contribution in [0.3, 0.4) is 0 Å². The van der Waals surface area contributed by atoms with Crippen LogP contribution in [-0.2, 0) is 9.53 Å². The van der Waals surface area contributed by atoms with Crippen molar-refractivity contribution in [1.29, 1.82) is 0 Å². The van der Waals surface area contributed by atoms with Crippen LogP contribution in [0.2, 0.25) is 0 Å². The Morgan fingerprint density at radius 1 is 1.19 bits per heavy atom. The molecule has 0 unspecified atom stereocenters. The Balaban J connectivity index is 2.27. The molecule has 0 aliphatic rings. The number of urea groups is 1. The third-order valence-electron chi connectivity index (χ3n) is 2.54. The number of carboxylic acids is 1. The molecule has 0 aromatic heterocycles. The van der Waals surface area contributed by atoms with Gasteiger partial charge in [0.1, 0.15) is 0 Å². The lowest BCUT2D eigenvalue weighted by atomic mass is 10.2. The van der Waals surface area contributed by atoms with Gasteiger partial charge in [0, 0.05) is 18.7 Å². The molecule has 2 amide bonds. The molecule has 0 atom stereocenters. The second kappa shape index (κ2) is 8.57. The van der Waals surface area contributed by atoms with Gasteiger partial charge in [0.25, 0.3) is 0 Å². The Bertz CT molecular complexity index is 499. The normalized spacial score (nSPS) is 9.76. The molecule has 0 saturated carbocycles. The molecule has 0 saturated heterocycles. The number of carbonyl (C=O) groups is 3. The van der Waals surface area contributed by atoms with Crippen molar-refractivity contribution < 1.29 is 24.2 Å². The van der Waals surface area contributed by atoms with Crippen LogP contribution in [0.15, 0.2) is 24.3 Å². The highest BCUT2D eigenvalue weighted by Crippen LogP contribution is 2.09. The Kier molecular flexibility index (Phi) is 6.73. The molecule has 0 heterocycles. The van der Waals surface area contributed by atoms with Gasteiger partial charge in [-0.15, -0.1) is 0 Å². The fourth-order valence-corrected chi connectivity index (χ4v) is 1.54. The van der Waals surface area contributed by atoms with E-state index in [1.807, 2.05) is 0 Å². The summed E-state index contributed by atoms with van der Waals surface area (Å²) in [5.74, 6) is -1.31. The third kappa shape index (κ3) is 6.42. The van der Waals surface area contributed by atoms with E-state index in [0.29, 0.717) is 25.3 Å². The fourth-order valence-electron chi connectivity index (χ4n) is 1.54. The number of rotatable bonds is 7. The number of carboxylic acid groups (broad SMARTS) is 1. The molecule has 114 valence electrons. The molecule has 1 aromatic rings. The smallest absolute Gasteiger partial charge is 0.335 e. The highest BCUT2D eigenvalue weighted by Gasteiger charge is 2.05. The minimum Gasteiger partial charge on any atom is -0.478 e. The van der Waals surface area contributed by atoms with E-state index in [1.165, 1.54) is 24.3 Å². The second-order valence-electron chi connectivity index (χ2n) is 4.17. The molecule has 0 spiro atoms. The predicted octanol–water partition coefficient (Wildman–Crippen LogP) is 1.85. The molecule has 3 N–H and O–H groups in total. The van der Waals surface area contributed by atoms with Gasteiger partial charge in [0.15, 0.2) is 0 Å². The summed E-state index contributed by atoms with van der Waals surface area (Å²) < 4.78 is 4.76. The van der Waals surface area contributed by atoms with Crippen molar-refractivity contribution in [3.05, 3.63) is 29.8 Å². The van der Waals surface area contributed by atoms with Crippen molar-refractivity contribution in [3.63, 3.8) is 0 Å². The van der Waals surface area contributed by atoms with Crippen LogP contribution < -0.4 is 10.6 Å². The molecule has 0 radical (unpaired) electrons. The van der Waals surface area contributed by atoms with E-state index in [1.54, 1.807) is 6.92 Å². The highest BCUT2D eigenvalue weighted by atomic mass is 16.5. The van der Waals surface area contributed by atoms with Crippen LogP contribution >= 0.6 is 0 Å². The first kappa shape index (κ1) is 16.5. The second-order valence-corrected chi connectivity index (χ2v) is 4.17. The zero-order chi connectivity index (χ0) is 15.7. The van der Waals surface area contributed by atoms with Gasteiger partial charge < -0.3 is 20.5 Å². The summed E-state index contributed by atoms with van der Waals surface area (Å²) in [6, 6.07) is 5.39. The molecule has 21 heavy (non-hydrogen) atoms. The molecular formula is C14H18N2O5. The summed E-state index contributed by atoms with van der Waals surface area (Å²) in [5.41, 5.74) is 0.637. The minimum absolute atomic E-state index is 0.149. The largest absolute Gasteiger partial charge is 0.478 e. The van der Waals surface area contributed by atoms with Crippen molar-refractivity contribution in [1.82, 2.24) is 5.32 Å². The van der Waals surface area contributed by atoms with E-state index in [-0.39, 0.29) is 18.0 Å². The molecule has 0 aliphatic carbocycles. The number of carbonyl (C=O) groups excluding carboxylic acids is 2. The molecule has 0 fully saturated rings. The van der Waals surface area contributed by atoms with Gasteiger partial charge in [-0.05, 0) is 37.6 Å². The topological polar surface area (TPSA) is 105 Å². The molecule has 7 nitrogen and oxygen atoms in total. The third-order valence-corrected chi connectivity index (χ3v) is 2.54. The molecule has 1 rings (SSSR count). The fraction of sp³-hybridized carbons (Fsp3) is 0.357. The van der Waals surface area contributed by atoms with E-state index < -0.39 is 12.0 Å². The standard InChI is InChI=1S/C14H18N2O5/c1-2-21-12(17)4-3-9-15-14(20)16-11-7-5-10(6-8-11)13(18)19/h5-8H,2-4,9H2,1H3,(H,18,19)(H2,15,16,20). The number of esters is 1. The zero-order valence-electron chi connectivity index (χ0n) is 11.7. The average molecular weight is 294 g/mol. The number of amides is 2. The Morgan fingerprint density at radius 3 is 2.43 bits per heavy atom. The van der Waals surface area contributed by atoms with Gasteiger partial charge in [-0.2, -0.15) is 0 Å². The number of benzene rings is 1. The monoisotopic (exact) mass is 294 g/mol. The first-order chi connectivity index (χ1) is 10.0. The van der Waals surface area contributed by atoms with Crippen LogP contribution in [0.4, 0.5) is 10.5 Å². The van der Waals surface area contributed by atoms with E-state index in [0.717, 1.165) is 0 Å². The summed E-state index contributed by atoms with van der Waals surface area (Å²) in [7, 11) is 0. The summed E-state index contributed by atoms with van der Waals surface area (Å²) in [6.07, 6.45) is 0.742. The van der Waals surface area contributed by atoms with Crippen molar-refractivity contribution >= 4 is 23.7 Å². The number of aromatic carboxylic acids is 1. The number of hydrogen-bond donors (Lipinski definition) is 3. The summed E-state index contributed by atoms with van der Waals surface area (Å²) in [4.78, 5) is 33.3. The van der Waals surface area contributed by atoms with Gasteiger partial charge in [0.2, 0.25) is 0 Å². The molecular weight excluding hydrogens is 276 g/mol. The van der Waals surface area contributed by atoms with Crippen LogP contribution in [0.25, 0.3) is 0 Å². The van der Waals surface area contributed by atoms with Crippen molar-refractivity contribution in [2.45, 2.75) is 19.8 Å². The number of anilines is 1. The quantitative estimate of drug-likeness (QED) is 0.526. The van der Waals surface area contributed by atoms with Crippen molar-refractivity contribution in [2.24, 2.45) is 0 Å². The minimum atomic E-state index is -1.02. The summed E-state index contributed by atoms with van der Waals surface area (Å²) in [6.45, 7) is 2.43. The number of nitrogens with one attached hydrogen (secondary N) is 2. The summed E-state index contributed by atoms with van der Waals surface area (Å²) in [5, 5.41) is 13.9. The van der Waals surface area contributed by atoms with E-state index in [2.05, 4.69) is 10.6 Å². The van der Waals surface area contributed by atoms with Gasteiger partial charge in [-0.3, -0.25) is 4.79 Å². The van der Waals surface area contributed by atoms with E-state index in [4.69, 9.17) is 9.84 Å². The van der Waals surface area contributed by atoms with Crippen molar-refractivity contribution in [3.8, 4) is 0 Å². The molecule has 0 aliphatic heterocycles. The Morgan fingerprint density at radius 2 is 1.86 bits per heavy atom. The zero-order valence-corrected chi connectivity index (χ0v) is 11.7. The van der Waals surface area contributed by atoms with Crippen LogP contribution in [0, 0.1) is 0 Å². The maximum Gasteiger partial charge on any atom is 0.335 e. The maximum absolute atomic E-state index is 11.5. The maximum atomic E-state index is 11.5. The van der Waals surface area contributed by atoms with E-state index >= 15 is 0 Å². The SMILES string of the molecule is CCOC(=O)CCCNC(=O)Nc1ccc(C(=O)O)cc1. The summed E-state index contributed by atoms with van der Waals surface area (Å²) >= 11 is 0. The van der Waals surface area contributed by atoms with Crippen molar-refractivity contribution in [2.75, 3.05) is 18.5 Å². The first-order valence-electron chi connectivity index (χ1n) is 6.56. The highest BCUT2D eigenvalue weighted by molar-refractivity contribution is 5.91. The lowest BCUT2D eigenvalue weighted by Crippen LogP contribution is -2.29. The molecule has 1 aromatic carbocycles. The number of ether oxygens (including phenoxy) is 1. The lowest BCUT2D eigenvalue weighted by molar-refractivity contribution is -0.143. The van der Waals surface area contributed by atoms with Gasteiger partial charge in [-0.1, -0.05) is 0 Å². The average Bonchev–Trinajstić information content (AvgIpc) is 2.44. The van der Waals surface area contributed by atoms with E-state index in [9.17, 15) is 14.4 Å². The number of hydrogen-bond acceptors (Lipinski definition) is 4. The first-order valence-corrected chi connectivity index (χ1v) is 6.56. The van der Waals surface area contributed by atoms with Crippen LogP contribution in [0.5, 0.6) is 0 Å². The van der Waals surface area contributed by atoms with Gasteiger partial charge in [-0.25, -0.2) is 9.59 Å². The van der Waals surface area contributed by atoms with Gasteiger partial charge in [0.05, 0.1) is 12.2 Å². The van der Waals surface area contributed by atoms with Crippen LogP contribution in [0.1, 0.15) is 30.1 Å².